The van der Waals surface area contributed by atoms with E-state index in [0.29, 0.717) is 33.2 Å². The van der Waals surface area contributed by atoms with Gasteiger partial charge in [-0.05, 0) is 66.5 Å². The van der Waals surface area contributed by atoms with Gasteiger partial charge in [0, 0.05) is 49.7 Å². The number of carbonyl (C=O) groups excluding carboxylic acids is 1. The number of ether oxygens (including phenoxy) is 1. The summed E-state index contributed by atoms with van der Waals surface area (Å²) in [4.78, 5) is 18.3. The zero-order valence-electron chi connectivity index (χ0n) is 20.7. The average molecular weight is 593 g/mol. The molecule has 2 fully saturated rings. The molecule has 0 amide bonds. The van der Waals surface area contributed by atoms with Crippen LogP contribution >= 0.6 is 28.1 Å². The second kappa shape index (κ2) is 10.4. The summed E-state index contributed by atoms with van der Waals surface area (Å²) in [6.45, 7) is 5.76. The van der Waals surface area contributed by atoms with Crippen molar-refractivity contribution in [3.63, 3.8) is 0 Å². The van der Waals surface area contributed by atoms with Crippen molar-refractivity contribution in [3.8, 4) is 5.75 Å². The van der Waals surface area contributed by atoms with Crippen LogP contribution in [0, 0.1) is 11.6 Å². The van der Waals surface area contributed by atoms with Crippen LogP contribution in [-0.2, 0) is 11.3 Å². The highest BCUT2D eigenvalue weighted by Crippen LogP contribution is 2.46. The van der Waals surface area contributed by atoms with Crippen LogP contribution in [-0.4, -0.2) is 70.1 Å². The predicted octanol–water partition coefficient (Wildman–Crippen LogP) is 5.41. The molecule has 1 saturated carbocycles. The van der Waals surface area contributed by atoms with Crippen LogP contribution in [0.3, 0.4) is 0 Å². The fourth-order valence-electron chi connectivity index (χ4n) is 5.00. The van der Waals surface area contributed by atoms with Gasteiger partial charge in [0.1, 0.15) is 5.75 Å². The number of thiocarbonyl (C=S) groups is 1. The number of likely N-dealkylation sites (N-methyl/N-ethyl adjacent to an activating group) is 1. The van der Waals surface area contributed by atoms with Crippen molar-refractivity contribution in [1.29, 1.82) is 0 Å². The van der Waals surface area contributed by atoms with Crippen LogP contribution in [0.2, 0.25) is 0 Å². The van der Waals surface area contributed by atoms with E-state index in [1.807, 2.05) is 4.57 Å². The van der Waals surface area contributed by atoms with Gasteiger partial charge in [0.25, 0.3) is 0 Å². The van der Waals surface area contributed by atoms with Crippen LogP contribution in [0.15, 0.2) is 28.7 Å². The van der Waals surface area contributed by atoms with E-state index < -0.39 is 17.6 Å². The van der Waals surface area contributed by atoms with Gasteiger partial charge in [0.15, 0.2) is 11.6 Å². The summed E-state index contributed by atoms with van der Waals surface area (Å²) in [5, 5.41) is 11.8. The molecule has 1 N–H and O–H groups in total. The molecule has 0 atom stereocenters. The summed E-state index contributed by atoms with van der Waals surface area (Å²) in [6.07, 6.45) is 1.79. The number of phenolic OH excluding ortho intramolecular Hbond substituents is 1. The number of halogens is 3. The lowest BCUT2D eigenvalue weighted by Gasteiger charge is -2.32. The molecule has 6 nitrogen and oxygen atoms in total. The fraction of sp³-hybridized carbons (Fsp3) is 0.407. The van der Waals surface area contributed by atoms with Gasteiger partial charge in [-0.15, -0.1) is 0 Å². The Hall–Kier alpha value is -2.40. The summed E-state index contributed by atoms with van der Waals surface area (Å²) in [6, 6.07) is 5.41. The van der Waals surface area contributed by atoms with E-state index >= 15 is 0 Å². The number of rotatable bonds is 7. The lowest BCUT2D eigenvalue weighted by Crippen LogP contribution is -2.43. The molecule has 3 aromatic rings. The molecular weight excluding hydrogens is 564 g/mol. The third-order valence-corrected chi connectivity index (χ3v) is 8.12. The average Bonchev–Trinajstić information content (AvgIpc) is 3.65. The smallest absolute Gasteiger partial charge is 0.341 e. The maximum absolute atomic E-state index is 14.2. The summed E-state index contributed by atoms with van der Waals surface area (Å²) in [7, 11) is 2.08. The van der Waals surface area contributed by atoms with Gasteiger partial charge in [0.05, 0.1) is 32.7 Å². The van der Waals surface area contributed by atoms with Crippen molar-refractivity contribution in [3.05, 3.63) is 62.8 Å². The molecule has 37 heavy (non-hydrogen) atoms. The fourth-order valence-corrected chi connectivity index (χ4v) is 5.78. The monoisotopic (exact) mass is 591 g/mol. The zero-order chi connectivity index (χ0) is 26.4. The molecule has 10 heteroatoms. The lowest BCUT2D eigenvalue weighted by atomic mass is 10.00. The van der Waals surface area contributed by atoms with Gasteiger partial charge in [-0.25, -0.2) is 13.6 Å². The van der Waals surface area contributed by atoms with E-state index in [0.717, 1.165) is 56.7 Å². The molecule has 2 aromatic carbocycles. The minimum Gasteiger partial charge on any atom is -0.506 e. The van der Waals surface area contributed by atoms with E-state index in [4.69, 9.17) is 17.0 Å². The normalized spacial score (nSPS) is 16.9. The number of carbonyl (C=O) groups is 1. The Morgan fingerprint density at radius 1 is 1.16 bits per heavy atom. The third-order valence-electron chi connectivity index (χ3n) is 7.09. The Morgan fingerprint density at radius 2 is 1.86 bits per heavy atom. The molecule has 0 bridgehead atoms. The van der Waals surface area contributed by atoms with Crippen LogP contribution < -0.4 is 0 Å². The molecule has 2 aliphatic rings. The molecule has 5 rings (SSSR count). The molecular formula is C27H28BrF2N3O3S. The second-order valence-electron chi connectivity index (χ2n) is 9.66. The lowest BCUT2D eigenvalue weighted by molar-refractivity contribution is 0.0528. The first-order valence-corrected chi connectivity index (χ1v) is 13.6. The van der Waals surface area contributed by atoms with Gasteiger partial charge in [-0.3, -0.25) is 4.90 Å². The number of aromatic nitrogens is 1. The van der Waals surface area contributed by atoms with Gasteiger partial charge in [-0.1, -0.05) is 18.3 Å². The van der Waals surface area contributed by atoms with Gasteiger partial charge >= 0.3 is 5.97 Å². The van der Waals surface area contributed by atoms with Crippen LogP contribution in [0.5, 0.6) is 5.75 Å². The minimum absolute atomic E-state index is 0.0650. The Morgan fingerprint density at radius 3 is 2.49 bits per heavy atom. The molecule has 0 spiro atoms. The highest BCUT2D eigenvalue weighted by Gasteiger charge is 2.36. The molecule has 0 radical (unpaired) electrons. The zero-order valence-corrected chi connectivity index (χ0v) is 23.1. The van der Waals surface area contributed by atoms with Gasteiger partial charge in [-0.2, -0.15) is 0 Å². The van der Waals surface area contributed by atoms with E-state index in [1.54, 1.807) is 13.0 Å². The Kier molecular flexibility index (Phi) is 7.37. The predicted molar refractivity (Wildman–Crippen MR) is 145 cm³/mol. The number of hydrogen-bond acceptors (Lipinski definition) is 6. The second-order valence-corrected chi connectivity index (χ2v) is 10.9. The quantitative estimate of drug-likeness (QED) is 0.225. The maximum atomic E-state index is 14.2. The number of esters is 1. The molecule has 196 valence electrons. The summed E-state index contributed by atoms with van der Waals surface area (Å²) >= 11 is 9.35. The number of nitrogens with zero attached hydrogens (tertiary/aromatic N) is 3. The summed E-state index contributed by atoms with van der Waals surface area (Å²) in [5.41, 5.74) is 2.36. The number of aromatic hydroxyl groups is 1. The Balaban J connectivity index is 1.77. The van der Waals surface area contributed by atoms with Gasteiger partial charge < -0.3 is 19.3 Å². The first-order chi connectivity index (χ1) is 17.7. The number of phenols is 1. The van der Waals surface area contributed by atoms with E-state index in [9.17, 15) is 18.7 Å². The Labute approximate surface area is 227 Å². The van der Waals surface area contributed by atoms with E-state index in [1.165, 1.54) is 6.07 Å². The topological polar surface area (TPSA) is 57.9 Å². The molecule has 0 unspecified atom stereocenters. The van der Waals surface area contributed by atoms with Crippen molar-refractivity contribution in [1.82, 2.24) is 14.4 Å². The highest BCUT2D eigenvalue weighted by atomic mass is 79.9. The summed E-state index contributed by atoms with van der Waals surface area (Å²) < 4.78 is 35.9. The van der Waals surface area contributed by atoms with Crippen LogP contribution in [0.1, 0.15) is 53.0 Å². The number of hydrogen-bond donors (Lipinski definition) is 1. The van der Waals surface area contributed by atoms with E-state index in [-0.39, 0.29) is 28.8 Å². The largest absolute Gasteiger partial charge is 0.506 e. The number of fused-ring (bicyclic) bond motifs is 1. The number of piperazine rings is 1. The van der Waals surface area contributed by atoms with Crippen molar-refractivity contribution in [2.75, 3.05) is 39.8 Å². The van der Waals surface area contributed by atoms with Crippen molar-refractivity contribution in [2.45, 2.75) is 32.4 Å². The highest BCUT2D eigenvalue weighted by molar-refractivity contribution is 9.10. The standard InChI is InChI=1S/C27H28BrF2N3O3S/c1-3-36-27(35)23-22-17(14-32-10-8-31(2)9-11-32)25(34)18(28)13-21(22)33(16-5-6-16)24(23)26(37)15-4-7-19(29)20(30)12-15/h4,7,12-13,16,34H,3,5-6,8-11,14H2,1-2H3. The van der Waals surface area contributed by atoms with Crippen molar-refractivity contribution < 1.29 is 23.4 Å². The van der Waals surface area contributed by atoms with Crippen LogP contribution in [0.4, 0.5) is 8.78 Å². The molecule has 1 aliphatic heterocycles. The number of benzene rings is 2. The molecule has 1 saturated heterocycles. The first-order valence-electron chi connectivity index (χ1n) is 12.4. The Bertz CT molecular complexity index is 1400. The van der Waals surface area contributed by atoms with Crippen molar-refractivity contribution in [2.24, 2.45) is 0 Å². The SMILES string of the molecule is CCOC(=O)c1c(C(=S)c2ccc(F)c(F)c2)n(C2CC2)c2cc(Br)c(O)c(CN3CCN(C)CC3)c12. The van der Waals surface area contributed by atoms with E-state index in [2.05, 4.69) is 32.8 Å². The van der Waals surface area contributed by atoms with Crippen LogP contribution in [0.25, 0.3) is 10.9 Å². The van der Waals surface area contributed by atoms with Gasteiger partial charge in [0.2, 0.25) is 0 Å². The molecule has 1 aromatic heterocycles. The summed E-state index contributed by atoms with van der Waals surface area (Å²) in [5.74, 6) is -2.48. The molecule has 1 aliphatic carbocycles. The third kappa shape index (κ3) is 4.92. The minimum atomic E-state index is -1.01. The molecule has 2 heterocycles. The van der Waals surface area contributed by atoms with Crippen molar-refractivity contribution >= 4 is 49.9 Å². The first kappa shape index (κ1) is 26.2. The maximum Gasteiger partial charge on any atom is 0.341 e.